The Bertz CT molecular complexity index is 994. The molecule has 1 fully saturated rings. The number of carbonyl (C=O) groups excluding carboxylic acids is 1. The van der Waals surface area contributed by atoms with E-state index in [2.05, 4.69) is 4.98 Å². The highest BCUT2D eigenvalue weighted by Crippen LogP contribution is 2.29. The Hall–Kier alpha value is -2.86. The molecule has 1 aromatic heterocycles. The molecule has 0 radical (unpaired) electrons. The molecule has 3 aromatic rings. The highest BCUT2D eigenvalue weighted by atomic mass is 16.5. The summed E-state index contributed by atoms with van der Waals surface area (Å²) in [4.78, 5) is 29.0. The van der Waals surface area contributed by atoms with Gasteiger partial charge in [-0.25, -0.2) is 0 Å². The fraction of sp³-hybridized carbons (Fsp3) is 0.300. The highest BCUT2D eigenvalue weighted by molar-refractivity contribution is 6.09. The van der Waals surface area contributed by atoms with Crippen LogP contribution >= 0.6 is 0 Å². The lowest BCUT2D eigenvalue weighted by molar-refractivity contribution is -0.138. The monoisotopic (exact) mass is 352 g/mol. The van der Waals surface area contributed by atoms with Gasteiger partial charge in [0.05, 0.1) is 12.5 Å². The van der Waals surface area contributed by atoms with Crippen molar-refractivity contribution in [2.45, 2.75) is 25.0 Å². The van der Waals surface area contributed by atoms with Gasteiger partial charge in [-0.05, 0) is 29.3 Å². The Morgan fingerprint density at radius 3 is 2.81 bits per heavy atom. The van der Waals surface area contributed by atoms with Gasteiger partial charge in [0.2, 0.25) is 0 Å². The Labute approximate surface area is 150 Å². The molecule has 0 aliphatic carbocycles. The lowest BCUT2D eigenvalue weighted by Gasteiger charge is -2.22. The summed E-state index contributed by atoms with van der Waals surface area (Å²) >= 11 is 0. The third-order valence-electron chi connectivity index (χ3n) is 5.14. The number of nitrogens with zero attached hydrogens (tertiary/aromatic N) is 1. The second-order valence-corrected chi connectivity index (χ2v) is 6.73. The number of fused-ring (bicyclic) bond motifs is 3. The summed E-state index contributed by atoms with van der Waals surface area (Å²) in [5, 5.41) is 12.3. The van der Waals surface area contributed by atoms with Crippen molar-refractivity contribution in [1.82, 2.24) is 9.88 Å². The first-order valence-corrected chi connectivity index (χ1v) is 8.63. The van der Waals surface area contributed by atoms with E-state index >= 15 is 0 Å². The lowest BCUT2D eigenvalue weighted by atomic mass is 10.1. The van der Waals surface area contributed by atoms with Crippen LogP contribution in [0.4, 0.5) is 0 Å². The summed E-state index contributed by atoms with van der Waals surface area (Å²) in [6.07, 6.45) is 0.334. The molecule has 26 heavy (non-hydrogen) atoms. The van der Waals surface area contributed by atoms with Gasteiger partial charge < -0.3 is 19.7 Å². The molecule has 6 heteroatoms. The molecule has 1 amide bonds. The van der Waals surface area contributed by atoms with E-state index in [9.17, 15) is 9.59 Å². The van der Waals surface area contributed by atoms with Crippen molar-refractivity contribution in [3.8, 4) is 0 Å². The van der Waals surface area contributed by atoms with Crippen LogP contribution in [0.15, 0.2) is 42.5 Å². The van der Waals surface area contributed by atoms with Crippen LogP contribution in [0.3, 0.4) is 0 Å². The van der Waals surface area contributed by atoms with Gasteiger partial charge in [0.15, 0.2) is 0 Å². The van der Waals surface area contributed by atoms with E-state index in [0.29, 0.717) is 18.7 Å². The highest BCUT2D eigenvalue weighted by Gasteiger charge is 2.37. The number of carbonyl (C=O) groups is 2. The maximum atomic E-state index is 13.1. The van der Waals surface area contributed by atoms with Crippen molar-refractivity contribution in [1.29, 1.82) is 0 Å². The zero-order valence-electron chi connectivity index (χ0n) is 14.4. The molecule has 1 saturated heterocycles. The fourth-order valence-corrected chi connectivity index (χ4v) is 3.84. The molecule has 2 N–H and O–H groups in total. The summed E-state index contributed by atoms with van der Waals surface area (Å²) in [7, 11) is 1.59. The maximum Gasteiger partial charge on any atom is 0.305 e. The van der Waals surface area contributed by atoms with Crippen molar-refractivity contribution in [2.24, 2.45) is 0 Å². The van der Waals surface area contributed by atoms with E-state index in [-0.39, 0.29) is 24.5 Å². The number of aromatic nitrogens is 1. The number of H-pyrrole nitrogens is 1. The SMILES string of the molecule is COC1CC(CC(=O)O)N(C(=O)c2cc3c(ccc4ccccc43)[nH]2)C1. The number of carboxylic acids is 1. The van der Waals surface area contributed by atoms with Gasteiger partial charge in [0.25, 0.3) is 5.91 Å². The molecule has 0 bridgehead atoms. The number of ether oxygens (including phenoxy) is 1. The van der Waals surface area contributed by atoms with Crippen molar-refractivity contribution in [3.05, 3.63) is 48.2 Å². The van der Waals surface area contributed by atoms with Crippen LogP contribution in [0.1, 0.15) is 23.3 Å². The van der Waals surface area contributed by atoms with Crippen LogP contribution in [0, 0.1) is 0 Å². The Morgan fingerprint density at radius 1 is 1.23 bits per heavy atom. The normalized spacial score (nSPS) is 20.1. The second kappa shape index (κ2) is 6.46. The molecule has 2 atom stereocenters. The standard InChI is InChI=1S/C20H20N2O4/c1-26-14-8-13(9-19(23)24)22(11-14)20(25)18-10-16-15-5-3-2-4-12(15)6-7-17(16)21-18/h2-7,10,13-14,21H,8-9,11H2,1H3,(H,23,24). The summed E-state index contributed by atoms with van der Waals surface area (Å²) in [5.41, 5.74) is 1.37. The van der Waals surface area contributed by atoms with Crippen LogP contribution in [-0.4, -0.2) is 52.7 Å². The molecule has 6 nitrogen and oxygen atoms in total. The molecule has 0 spiro atoms. The Kier molecular flexibility index (Phi) is 4.12. The van der Waals surface area contributed by atoms with Crippen molar-refractivity contribution < 1.29 is 19.4 Å². The zero-order valence-corrected chi connectivity index (χ0v) is 14.4. The molecular formula is C20H20N2O4. The number of aliphatic carboxylic acids is 1. The predicted molar refractivity (Wildman–Crippen MR) is 98.3 cm³/mol. The van der Waals surface area contributed by atoms with Crippen LogP contribution in [0.25, 0.3) is 21.7 Å². The molecule has 4 rings (SSSR count). The van der Waals surface area contributed by atoms with Gasteiger partial charge in [-0.3, -0.25) is 9.59 Å². The summed E-state index contributed by atoms with van der Waals surface area (Å²) in [5.74, 6) is -1.09. The molecule has 1 aliphatic heterocycles. The Balaban J connectivity index is 1.70. The largest absolute Gasteiger partial charge is 0.481 e. The van der Waals surface area contributed by atoms with Crippen LogP contribution in [0.2, 0.25) is 0 Å². The molecule has 2 heterocycles. The molecule has 2 aromatic carbocycles. The van der Waals surface area contributed by atoms with E-state index in [1.165, 1.54) is 0 Å². The molecule has 2 unspecified atom stereocenters. The van der Waals surface area contributed by atoms with Crippen LogP contribution in [0.5, 0.6) is 0 Å². The average molecular weight is 352 g/mol. The molecule has 0 saturated carbocycles. The minimum atomic E-state index is -0.910. The van der Waals surface area contributed by atoms with E-state index in [4.69, 9.17) is 9.84 Å². The molecule has 1 aliphatic rings. The number of benzene rings is 2. The minimum Gasteiger partial charge on any atom is -0.481 e. The predicted octanol–water partition coefficient (Wildman–Crippen LogP) is 3.03. The number of likely N-dealkylation sites (tertiary alicyclic amines) is 1. The van der Waals surface area contributed by atoms with Gasteiger partial charge in [-0.15, -0.1) is 0 Å². The number of hydrogen-bond donors (Lipinski definition) is 2. The van der Waals surface area contributed by atoms with Gasteiger partial charge in [-0.2, -0.15) is 0 Å². The number of carboxylic acid groups (broad SMARTS) is 1. The van der Waals surface area contributed by atoms with E-state index in [1.54, 1.807) is 12.0 Å². The number of nitrogens with one attached hydrogen (secondary N) is 1. The van der Waals surface area contributed by atoms with E-state index in [0.717, 1.165) is 21.7 Å². The zero-order chi connectivity index (χ0) is 18.3. The molecule has 134 valence electrons. The van der Waals surface area contributed by atoms with Gasteiger partial charge in [0, 0.05) is 30.6 Å². The first-order chi connectivity index (χ1) is 12.6. The van der Waals surface area contributed by atoms with E-state index < -0.39 is 5.97 Å². The first kappa shape index (κ1) is 16.6. The number of aromatic amines is 1. The maximum absolute atomic E-state index is 13.1. The number of rotatable bonds is 4. The summed E-state index contributed by atoms with van der Waals surface area (Å²) in [6.45, 7) is 0.406. The van der Waals surface area contributed by atoms with Crippen molar-refractivity contribution in [2.75, 3.05) is 13.7 Å². The topological polar surface area (TPSA) is 82.6 Å². The van der Waals surface area contributed by atoms with Gasteiger partial charge in [0.1, 0.15) is 5.69 Å². The summed E-state index contributed by atoms with van der Waals surface area (Å²) < 4.78 is 5.36. The minimum absolute atomic E-state index is 0.0746. The Morgan fingerprint density at radius 2 is 2.04 bits per heavy atom. The van der Waals surface area contributed by atoms with Crippen molar-refractivity contribution >= 4 is 33.6 Å². The lowest BCUT2D eigenvalue weighted by Crippen LogP contribution is -2.37. The second-order valence-electron chi connectivity index (χ2n) is 6.73. The van der Waals surface area contributed by atoms with Crippen LogP contribution < -0.4 is 0 Å². The average Bonchev–Trinajstić information content (AvgIpc) is 3.24. The molecular weight excluding hydrogens is 332 g/mol. The number of amides is 1. The van der Waals surface area contributed by atoms with Gasteiger partial charge in [-0.1, -0.05) is 30.3 Å². The quantitative estimate of drug-likeness (QED) is 0.756. The number of hydrogen-bond acceptors (Lipinski definition) is 3. The van der Waals surface area contributed by atoms with Gasteiger partial charge >= 0.3 is 5.97 Å². The summed E-state index contributed by atoms with van der Waals surface area (Å²) in [6, 6.07) is 13.5. The smallest absolute Gasteiger partial charge is 0.305 e. The van der Waals surface area contributed by atoms with E-state index in [1.807, 2.05) is 42.5 Å². The van der Waals surface area contributed by atoms with Crippen LogP contribution in [-0.2, 0) is 9.53 Å². The third kappa shape index (κ3) is 2.82. The third-order valence-corrected chi connectivity index (χ3v) is 5.14. The first-order valence-electron chi connectivity index (χ1n) is 8.63. The van der Waals surface area contributed by atoms with Crippen molar-refractivity contribution in [3.63, 3.8) is 0 Å². The number of methoxy groups -OCH3 is 1. The fourth-order valence-electron chi connectivity index (χ4n) is 3.84.